The molecule has 156 valence electrons. The zero-order valence-corrected chi connectivity index (χ0v) is 17.7. The molecule has 1 fully saturated rings. The Hall–Kier alpha value is -1.45. The number of nitrogens with one attached hydrogen (secondary N) is 1. The topological polar surface area (TPSA) is 72.8 Å². The van der Waals surface area contributed by atoms with E-state index in [1.54, 1.807) is 12.1 Å². The van der Waals surface area contributed by atoms with Gasteiger partial charge in [-0.2, -0.15) is 11.8 Å². The van der Waals surface area contributed by atoms with Gasteiger partial charge in [0.25, 0.3) is 0 Å². The fraction of sp³-hybridized carbons (Fsp3) is 0.476. The maximum atomic E-state index is 13.3. The van der Waals surface area contributed by atoms with E-state index in [9.17, 15) is 19.4 Å². The van der Waals surface area contributed by atoms with Crippen LogP contribution in [0.25, 0.3) is 0 Å². The minimum atomic E-state index is -0.911. The fourth-order valence-electron chi connectivity index (χ4n) is 3.99. The van der Waals surface area contributed by atoms with Crippen LogP contribution in [0, 0.1) is 5.82 Å². The van der Waals surface area contributed by atoms with Crippen molar-refractivity contribution < 1.29 is 19.4 Å². The highest BCUT2D eigenvalue weighted by molar-refractivity contribution is 7.98. The number of halogens is 1. The summed E-state index contributed by atoms with van der Waals surface area (Å²) in [6.07, 6.45) is 1.22. The molecule has 1 amide bonds. The van der Waals surface area contributed by atoms with Crippen LogP contribution in [-0.2, 0) is 17.0 Å². The predicted molar refractivity (Wildman–Crippen MR) is 115 cm³/mol. The molecule has 3 N–H and O–H groups in total. The van der Waals surface area contributed by atoms with Crippen molar-refractivity contribution in [3.8, 4) is 0 Å². The summed E-state index contributed by atoms with van der Waals surface area (Å²) >= 11 is 3.37. The van der Waals surface area contributed by atoms with Crippen LogP contribution >= 0.6 is 23.1 Å². The summed E-state index contributed by atoms with van der Waals surface area (Å²) in [7, 11) is 0. The SMILES string of the molecule is O=C(CN1CCCC(O)C1)Nc1sc2c(c1C(O)c1ccc(F)cc1)CCSC2. The zero-order chi connectivity index (χ0) is 20.4. The Morgan fingerprint density at radius 2 is 2.14 bits per heavy atom. The van der Waals surface area contributed by atoms with Crippen molar-refractivity contribution in [2.24, 2.45) is 0 Å². The van der Waals surface area contributed by atoms with Crippen molar-refractivity contribution >= 4 is 34.0 Å². The summed E-state index contributed by atoms with van der Waals surface area (Å²) in [5, 5.41) is 24.6. The molecule has 0 radical (unpaired) electrons. The van der Waals surface area contributed by atoms with Gasteiger partial charge in [0.2, 0.25) is 5.91 Å². The van der Waals surface area contributed by atoms with Crippen molar-refractivity contribution in [1.82, 2.24) is 4.90 Å². The third-order valence-electron chi connectivity index (χ3n) is 5.42. The van der Waals surface area contributed by atoms with Gasteiger partial charge in [-0.15, -0.1) is 11.3 Å². The molecule has 2 aliphatic rings. The lowest BCUT2D eigenvalue weighted by atomic mass is 9.97. The third kappa shape index (κ3) is 4.83. The molecule has 0 bridgehead atoms. The molecule has 3 heterocycles. The maximum absolute atomic E-state index is 13.3. The molecular formula is C21H25FN2O3S2. The molecule has 4 rings (SSSR count). The minimum Gasteiger partial charge on any atom is -0.392 e. The predicted octanol–water partition coefficient (Wildman–Crippen LogP) is 3.15. The highest BCUT2D eigenvalue weighted by Crippen LogP contribution is 2.44. The standard InChI is InChI=1S/C21H25FN2O3S2/c22-14-5-3-13(4-6-14)20(27)19-16-7-9-28-12-17(16)29-21(19)23-18(26)11-24-8-1-2-15(25)10-24/h3-6,15,20,25,27H,1-2,7-12H2,(H,23,26). The molecular weight excluding hydrogens is 411 g/mol. The van der Waals surface area contributed by atoms with Gasteiger partial charge in [-0.25, -0.2) is 4.39 Å². The summed E-state index contributed by atoms with van der Waals surface area (Å²) in [6, 6.07) is 5.85. The minimum absolute atomic E-state index is 0.141. The number of hydrogen-bond donors (Lipinski definition) is 3. The van der Waals surface area contributed by atoms with Crippen molar-refractivity contribution in [1.29, 1.82) is 0 Å². The fourth-order valence-corrected chi connectivity index (χ4v) is 6.42. The van der Waals surface area contributed by atoms with E-state index in [0.717, 1.165) is 48.4 Å². The van der Waals surface area contributed by atoms with Crippen molar-refractivity contribution in [3.63, 3.8) is 0 Å². The van der Waals surface area contributed by atoms with Crippen LogP contribution in [0.3, 0.4) is 0 Å². The summed E-state index contributed by atoms with van der Waals surface area (Å²) in [5.74, 6) is 1.36. The Kier molecular flexibility index (Phi) is 6.56. The first kappa shape index (κ1) is 20.8. The Balaban J connectivity index is 1.57. The molecule has 2 unspecified atom stereocenters. The van der Waals surface area contributed by atoms with E-state index in [-0.39, 0.29) is 24.4 Å². The number of fused-ring (bicyclic) bond motifs is 1. The van der Waals surface area contributed by atoms with E-state index in [1.807, 2.05) is 16.7 Å². The van der Waals surface area contributed by atoms with Gasteiger partial charge in [-0.1, -0.05) is 12.1 Å². The van der Waals surface area contributed by atoms with E-state index >= 15 is 0 Å². The van der Waals surface area contributed by atoms with Gasteiger partial charge >= 0.3 is 0 Å². The molecule has 0 aliphatic carbocycles. The summed E-state index contributed by atoms with van der Waals surface area (Å²) in [4.78, 5) is 15.8. The molecule has 0 saturated carbocycles. The van der Waals surface area contributed by atoms with Gasteiger partial charge in [-0.3, -0.25) is 9.69 Å². The number of thioether (sulfide) groups is 1. The number of amides is 1. The van der Waals surface area contributed by atoms with Crippen molar-refractivity contribution in [2.45, 2.75) is 37.2 Å². The van der Waals surface area contributed by atoms with E-state index in [2.05, 4.69) is 5.32 Å². The number of rotatable bonds is 5. The van der Waals surface area contributed by atoms with Crippen LogP contribution < -0.4 is 5.32 Å². The first-order valence-electron chi connectivity index (χ1n) is 9.87. The van der Waals surface area contributed by atoms with E-state index in [0.29, 0.717) is 17.1 Å². The van der Waals surface area contributed by atoms with Crippen LogP contribution in [0.15, 0.2) is 24.3 Å². The second-order valence-electron chi connectivity index (χ2n) is 7.58. The largest absolute Gasteiger partial charge is 0.392 e. The lowest BCUT2D eigenvalue weighted by Crippen LogP contribution is -2.42. The second-order valence-corrected chi connectivity index (χ2v) is 9.79. The summed E-state index contributed by atoms with van der Waals surface area (Å²) in [6.45, 7) is 1.53. The average Bonchev–Trinajstić information content (AvgIpc) is 3.05. The normalized spacial score (nSPS) is 20.9. The number of nitrogens with zero attached hydrogens (tertiary/aromatic N) is 1. The molecule has 1 saturated heterocycles. The third-order valence-corrected chi connectivity index (χ3v) is 7.75. The summed E-state index contributed by atoms with van der Waals surface area (Å²) in [5.41, 5.74) is 2.46. The van der Waals surface area contributed by atoms with Crippen LogP contribution in [-0.4, -0.2) is 52.5 Å². The van der Waals surface area contributed by atoms with Gasteiger partial charge in [-0.05, 0) is 54.8 Å². The number of carbonyl (C=O) groups is 1. The molecule has 0 spiro atoms. The van der Waals surface area contributed by atoms with E-state index < -0.39 is 6.10 Å². The van der Waals surface area contributed by atoms with Crippen molar-refractivity contribution in [2.75, 3.05) is 30.7 Å². The first-order chi connectivity index (χ1) is 14.0. The molecule has 2 atom stereocenters. The van der Waals surface area contributed by atoms with Crippen LogP contribution in [0.2, 0.25) is 0 Å². The van der Waals surface area contributed by atoms with Gasteiger partial charge < -0.3 is 15.5 Å². The highest BCUT2D eigenvalue weighted by Gasteiger charge is 2.28. The number of piperidine rings is 1. The number of hydrogen-bond acceptors (Lipinski definition) is 6. The quantitative estimate of drug-likeness (QED) is 0.672. The van der Waals surface area contributed by atoms with Gasteiger partial charge in [0.05, 0.1) is 12.6 Å². The Labute approximate surface area is 177 Å². The number of thiophene rings is 1. The van der Waals surface area contributed by atoms with Crippen LogP contribution in [0.1, 0.15) is 40.5 Å². The Bertz CT molecular complexity index is 872. The van der Waals surface area contributed by atoms with E-state index in [1.165, 1.54) is 28.3 Å². The number of benzene rings is 1. The monoisotopic (exact) mass is 436 g/mol. The number of anilines is 1. The smallest absolute Gasteiger partial charge is 0.239 e. The lowest BCUT2D eigenvalue weighted by Gasteiger charge is -2.29. The number of aliphatic hydroxyl groups is 2. The average molecular weight is 437 g/mol. The highest BCUT2D eigenvalue weighted by atomic mass is 32.2. The van der Waals surface area contributed by atoms with Crippen LogP contribution in [0.4, 0.5) is 9.39 Å². The second kappa shape index (κ2) is 9.14. The number of β-amino-alcohol motifs (C(OH)–C–C–N with tert-alkyl or cyclic N) is 1. The van der Waals surface area contributed by atoms with Gasteiger partial charge in [0.15, 0.2) is 0 Å². The van der Waals surface area contributed by atoms with Gasteiger partial charge in [0.1, 0.15) is 16.9 Å². The van der Waals surface area contributed by atoms with Crippen molar-refractivity contribution in [3.05, 3.63) is 51.7 Å². The van der Waals surface area contributed by atoms with Crippen LogP contribution in [0.5, 0.6) is 0 Å². The molecule has 8 heteroatoms. The number of likely N-dealkylation sites (tertiary alicyclic amines) is 1. The molecule has 2 aromatic rings. The summed E-state index contributed by atoms with van der Waals surface area (Å²) < 4.78 is 13.3. The van der Waals surface area contributed by atoms with E-state index in [4.69, 9.17) is 0 Å². The maximum Gasteiger partial charge on any atom is 0.239 e. The number of carbonyl (C=O) groups excluding carboxylic acids is 1. The first-order valence-corrected chi connectivity index (χ1v) is 11.8. The Morgan fingerprint density at radius 3 is 2.90 bits per heavy atom. The number of aliphatic hydroxyl groups excluding tert-OH is 2. The molecule has 1 aromatic heterocycles. The van der Waals surface area contributed by atoms with Gasteiger partial charge in [0, 0.05) is 22.7 Å². The lowest BCUT2D eigenvalue weighted by molar-refractivity contribution is -0.118. The molecule has 5 nitrogen and oxygen atoms in total. The Morgan fingerprint density at radius 1 is 1.34 bits per heavy atom. The zero-order valence-electron chi connectivity index (χ0n) is 16.1. The molecule has 2 aliphatic heterocycles. The molecule has 29 heavy (non-hydrogen) atoms. The molecule has 1 aromatic carbocycles.